The third-order valence-corrected chi connectivity index (χ3v) is 12.1. The quantitative estimate of drug-likeness (QED) is 0.308. The summed E-state index contributed by atoms with van der Waals surface area (Å²) in [6, 6.07) is 0. The second-order valence-corrected chi connectivity index (χ2v) is 14.5. The van der Waals surface area contributed by atoms with Crippen molar-refractivity contribution in [3.05, 3.63) is 11.6 Å². The van der Waals surface area contributed by atoms with Crippen molar-refractivity contribution < 1.29 is 4.79 Å². The number of rotatable bonds is 9. The van der Waals surface area contributed by atoms with Crippen molar-refractivity contribution in [1.29, 1.82) is 0 Å². The molecule has 3 fully saturated rings. The van der Waals surface area contributed by atoms with Crippen LogP contribution in [0.15, 0.2) is 11.6 Å². The van der Waals surface area contributed by atoms with Gasteiger partial charge in [0.05, 0.1) is 0 Å². The summed E-state index contributed by atoms with van der Waals surface area (Å²) in [6.45, 7) is 16.9. The maximum atomic E-state index is 11.5. The zero-order valence-corrected chi connectivity index (χ0v) is 23.8. The van der Waals surface area contributed by atoms with Gasteiger partial charge in [-0.1, -0.05) is 72.5 Å². The summed E-state index contributed by atoms with van der Waals surface area (Å²) in [7, 11) is 0. The Labute approximate surface area is 212 Å². The maximum absolute atomic E-state index is 11.5. The molecule has 0 spiro atoms. The summed E-state index contributed by atoms with van der Waals surface area (Å²) in [6.07, 6.45) is 20.3. The highest BCUT2D eigenvalue weighted by atomic mass is 16.1. The van der Waals surface area contributed by atoms with Crippen molar-refractivity contribution >= 4 is 5.78 Å². The Morgan fingerprint density at radius 2 is 1.71 bits per heavy atom. The van der Waals surface area contributed by atoms with E-state index in [9.17, 15) is 4.79 Å². The minimum absolute atomic E-state index is 0.363. The van der Waals surface area contributed by atoms with Crippen LogP contribution in [0.1, 0.15) is 132 Å². The highest BCUT2D eigenvalue weighted by Crippen LogP contribution is 2.67. The van der Waals surface area contributed by atoms with Gasteiger partial charge in [0.2, 0.25) is 0 Å². The van der Waals surface area contributed by atoms with Crippen LogP contribution in [0, 0.1) is 58.2 Å². The Morgan fingerprint density at radius 3 is 2.41 bits per heavy atom. The molecule has 3 saturated carbocycles. The lowest BCUT2D eigenvalue weighted by molar-refractivity contribution is -0.117. The molecule has 1 nitrogen and oxygen atoms in total. The van der Waals surface area contributed by atoms with Gasteiger partial charge >= 0.3 is 0 Å². The molecule has 0 aromatic rings. The van der Waals surface area contributed by atoms with Crippen LogP contribution in [0.4, 0.5) is 0 Å². The van der Waals surface area contributed by atoms with Gasteiger partial charge in [-0.3, -0.25) is 0 Å². The summed E-state index contributed by atoms with van der Waals surface area (Å²) in [5, 5.41) is 0. The van der Waals surface area contributed by atoms with Crippen LogP contribution in [-0.2, 0) is 4.79 Å². The van der Waals surface area contributed by atoms with Gasteiger partial charge in [-0.15, -0.1) is 0 Å². The molecule has 0 aromatic carbocycles. The Hall–Kier alpha value is -0.590. The monoisotopic (exact) mass is 468 g/mol. The highest BCUT2D eigenvalue weighted by Gasteiger charge is 2.59. The van der Waals surface area contributed by atoms with Gasteiger partial charge in [0.15, 0.2) is 0 Å². The fraction of sp³-hybridized carbons (Fsp3) is 0.909. The van der Waals surface area contributed by atoms with E-state index in [1.807, 2.05) is 5.57 Å². The van der Waals surface area contributed by atoms with E-state index >= 15 is 0 Å². The molecule has 34 heavy (non-hydrogen) atoms. The van der Waals surface area contributed by atoms with Crippen LogP contribution in [0.5, 0.6) is 0 Å². The zero-order chi connectivity index (χ0) is 24.7. The third-order valence-electron chi connectivity index (χ3n) is 12.1. The minimum Gasteiger partial charge on any atom is -0.300 e. The zero-order valence-electron chi connectivity index (χ0n) is 23.8. The fourth-order valence-electron chi connectivity index (χ4n) is 9.87. The molecule has 0 saturated heterocycles. The van der Waals surface area contributed by atoms with Gasteiger partial charge < -0.3 is 4.79 Å². The number of fused-ring (bicyclic) bond motifs is 5. The summed E-state index contributed by atoms with van der Waals surface area (Å²) in [5.74, 6) is 7.39. The van der Waals surface area contributed by atoms with Crippen molar-refractivity contribution in [1.82, 2.24) is 0 Å². The second-order valence-electron chi connectivity index (χ2n) is 14.5. The summed E-state index contributed by atoms with van der Waals surface area (Å²) in [5.41, 5.74) is 2.88. The first-order valence-corrected chi connectivity index (χ1v) is 15.2. The molecule has 8 unspecified atom stereocenters. The lowest BCUT2D eigenvalue weighted by atomic mass is 9.46. The predicted octanol–water partition coefficient (Wildman–Crippen LogP) is 9.65. The number of ketones is 1. The van der Waals surface area contributed by atoms with Gasteiger partial charge in [0.1, 0.15) is 5.78 Å². The van der Waals surface area contributed by atoms with E-state index in [2.05, 4.69) is 47.6 Å². The molecule has 0 amide bonds. The van der Waals surface area contributed by atoms with Gasteiger partial charge in [0.25, 0.3) is 0 Å². The van der Waals surface area contributed by atoms with E-state index in [-0.39, 0.29) is 0 Å². The van der Waals surface area contributed by atoms with Crippen molar-refractivity contribution in [2.24, 2.45) is 58.2 Å². The van der Waals surface area contributed by atoms with Crippen LogP contribution in [0.25, 0.3) is 0 Å². The number of carbonyl (C=O) groups is 1. The first-order valence-electron chi connectivity index (χ1n) is 15.2. The lowest BCUT2D eigenvalue weighted by Gasteiger charge is -2.59. The van der Waals surface area contributed by atoms with E-state index in [4.69, 9.17) is 0 Å². The predicted molar refractivity (Wildman–Crippen MR) is 146 cm³/mol. The van der Waals surface area contributed by atoms with E-state index in [0.29, 0.717) is 22.5 Å². The molecule has 4 aliphatic rings. The molecule has 4 aliphatic carbocycles. The Bertz CT molecular complexity index is 748. The van der Waals surface area contributed by atoms with Crippen molar-refractivity contribution in [2.75, 3.05) is 0 Å². The topological polar surface area (TPSA) is 17.1 Å². The van der Waals surface area contributed by atoms with E-state index in [1.165, 1.54) is 70.6 Å². The largest absolute Gasteiger partial charge is 0.300 e. The van der Waals surface area contributed by atoms with E-state index in [1.54, 1.807) is 6.92 Å². The molecule has 0 radical (unpaired) electrons. The average Bonchev–Trinajstić information content (AvgIpc) is 3.13. The van der Waals surface area contributed by atoms with Gasteiger partial charge in [0, 0.05) is 6.42 Å². The second kappa shape index (κ2) is 10.4. The van der Waals surface area contributed by atoms with Gasteiger partial charge in [-0.2, -0.15) is 0 Å². The molecule has 194 valence electrons. The Balaban J connectivity index is 1.43. The first-order chi connectivity index (χ1) is 16.1. The number of hydrogen-bond acceptors (Lipinski definition) is 1. The fourth-order valence-corrected chi connectivity index (χ4v) is 9.87. The number of allylic oxidation sites excluding steroid dienone is 2. The highest BCUT2D eigenvalue weighted by molar-refractivity contribution is 5.75. The molecule has 9 atom stereocenters. The molecule has 0 aromatic heterocycles. The van der Waals surface area contributed by atoms with Crippen molar-refractivity contribution in [3.63, 3.8) is 0 Å². The molecule has 0 heterocycles. The SMILES string of the molecule is CC(=O)CC[C@H](C)C1CCC2(C)C(=CCC3C2CCC2(C)C(C(C)CCCC(C)C)CCC32)C1. The van der Waals surface area contributed by atoms with Crippen LogP contribution in [0.2, 0.25) is 0 Å². The third kappa shape index (κ3) is 4.98. The molecule has 1 heteroatoms. The standard InChI is InChI=1S/C33H56O/c1-22(2)9-8-10-24(4)29-15-16-30-28-14-13-27-21-26(23(3)11-12-25(5)34)17-19-32(27,6)31(28)18-20-33(29,30)7/h13,22-24,26,28-31H,8-12,14-21H2,1-7H3/t23-,24?,26?,28?,29?,30?,31?,32?,33?/m0/s1. The molecule has 0 aliphatic heterocycles. The first kappa shape index (κ1) is 26.5. The van der Waals surface area contributed by atoms with Gasteiger partial charge in [-0.25, -0.2) is 0 Å². The Morgan fingerprint density at radius 1 is 0.941 bits per heavy atom. The van der Waals surface area contributed by atoms with E-state index in [0.717, 1.165) is 54.3 Å². The maximum Gasteiger partial charge on any atom is 0.129 e. The molecular weight excluding hydrogens is 412 g/mol. The van der Waals surface area contributed by atoms with Crippen LogP contribution >= 0.6 is 0 Å². The number of Topliss-reactive ketones (excluding diaryl/α,β-unsaturated/α-hetero) is 1. The smallest absolute Gasteiger partial charge is 0.129 e. The average molecular weight is 469 g/mol. The normalized spacial score (nSPS) is 41.3. The van der Waals surface area contributed by atoms with Crippen LogP contribution < -0.4 is 0 Å². The molecule has 0 bridgehead atoms. The van der Waals surface area contributed by atoms with Crippen molar-refractivity contribution in [2.45, 2.75) is 132 Å². The summed E-state index contributed by atoms with van der Waals surface area (Å²) >= 11 is 0. The lowest BCUT2D eigenvalue weighted by Crippen LogP contribution is -2.50. The van der Waals surface area contributed by atoms with Crippen LogP contribution in [-0.4, -0.2) is 5.78 Å². The number of carbonyl (C=O) groups excluding carboxylic acids is 1. The number of hydrogen-bond donors (Lipinski definition) is 0. The minimum atomic E-state index is 0.363. The van der Waals surface area contributed by atoms with E-state index < -0.39 is 0 Å². The summed E-state index contributed by atoms with van der Waals surface area (Å²) < 4.78 is 0. The molecule has 0 N–H and O–H groups in total. The summed E-state index contributed by atoms with van der Waals surface area (Å²) in [4.78, 5) is 11.5. The molecular formula is C33H56O. The Kier molecular flexibility index (Phi) is 8.11. The molecule has 4 rings (SSSR count). The van der Waals surface area contributed by atoms with Crippen LogP contribution in [0.3, 0.4) is 0 Å². The van der Waals surface area contributed by atoms with Gasteiger partial charge in [-0.05, 0) is 123 Å². The van der Waals surface area contributed by atoms with Crippen molar-refractivity contribution in [3.8, 4) is 0 Å².